The van der Waals surface area contributed by atoms with Crippen LogP contribution in [0.1, 0.15) is 39.0 Å². The van der Waals surface area contributed by atoms with Gasteiger partial charge in [0, 0.05) is 54.2 Å². The highest BCUT2D eigenvalue weighted by atomic mass is 32.2. The lowest BCUT2D eigenvalue weighted by Crippen LogP contribution is -2.59. The molecule has 3 rings (SSSR count). The van der Waals surface area contributed by atoms with E-state index in [9.17, 15) is 0 Å². The van der Waals surface area contributed by atoms with Gasteiger partial charge < -0.3 is 5.32 Å². The molecule has 3 unspecified atom stereocenters. The molecule has 0 aromatic rings. The molecule has 0 radical (unpaired) electrons. The first-order chi connectivity index (χ1) is 9.83. The van der Waals surface area contributed by atoms with E-state index in [0.717, 1.165) is 23.3 Å². The molecule has 0 bridgehead atoms. The van der Waals surface area contributed by atoms with Crippen molar-refractivity contribution in [3.63, 3.8) is 0 Å². The summed E-state index contributed by atoms with van der Waals surface area (Å²) in [6.07, 6.45) is 7.34. The molecule has 3 atom stereocenters. The zero-order chi connectivity index (χ0) is 13.8. The van der Waals surface area contributed by atoms with Gasteiger partial charge >= 0.3 is 0 Å². The lowest BCUT2D eigenvalue weighted by atomic mass is 9.82. The minimum absolute atomic E-state index is 0.724. The van der Waals surface area contributed by atoms with Crippen LogP contribution in [0.25, 0.3) is 0 Å². The first kappa shape index (κ1) is 15.5. The summed E-state index contributed by atoms with van der Waals surface area (Å²) in [5.41, 5.74) is 0. The maximum Gasteiger partial charge on any atom is 0.0265 e. The molecular weight excluding hydrogens is 284 g/mol. The Morgan fingerprint density at radius 2 is 2.00 bits per heavy atom. The van der Waals surface area contributed by atoms with Crippen LogP contribution in [0, 0.1) is 5.92 Å². The highest BCUT2D eigenvalue weighted by Gasteiger charge is 2.32. The van der Waals surface area contributed by atoms with Crippen molar-refractivity contribution in [2.24, 2.45) is 5.92 Å². The van der Waals surface area contributed by atoms with Gasteiger partial charge in [-0.15, -0.1) is 0 Å². The Balaban J connectivity index is 1.52. The summed E-state index contributed by atoms with van der Waals surface area (Å²) in [6, 6.07) is 1.50. The Bertz CT molecular complexity index is 288. The predicted molar refractivity (Wildman–Crippen MR) is 93.0 cm³/mol. The molecule has 116 valence electrons. The van der Waals surface area contributed by atoms with Gasteiger partial charge in [0.05, 0.1) is 0 Å². The lowest BCUT2D eigenvalue weighted by Gasteiger charge is -2.44. The van der Waals surface area contributed by atoms with Crippen molar-refractivity contribution in [1.82, 2.24) is 10.2 Å². The lowest BCUT2D eigenvalue weighted by molar-refractivity contribution is 0.106. The number of rotatable bonds is 3. The topological polar surface area (TPSA) is 15.3 Å². The van der Waals surface area contributed by atoms with E-state index in [1.54, 1.807) is 0 Å². The van der Waals surface area contributed by atoms with Crippen LogP contribution < -0.4 is 5.32 Å². The number of piperazine rings is 1. The average molecular weight is 315 g/mol. The molecule has 2 saturated heterocycles. The summed E-state index contributed by atoms with van der Waals surface area (Å²) in [7, 11) is 0. The van der Waals surface area contributed by atoms with E-state index in [4.69, 9.17) is 0 Å². The summed E-state index contributed by atoms with van der Waals surface area (Å²) in [5.74, 6) is 5.05. The monoisotopic (exact) mass is 314 g/mol. The molecule has 0 aromatic heterocycles. The van der Waals surface area contributed by atoms with E-state index in [1.807, 2.05) is 0 Å². The molecule has 3 aliphatic rings. The number of hydrogen-bond donors (Lipinski definition) is 1. The Morgan fingerprint density at radius 3 is 2.75 bits per heavy atom. The smallest absolute Gasteiger partial charge is 0.0265 e. The third-order valence-corrected chi connectivity index (χ3v) is 8.10. The summed E-state index contributed by atoms with van der Waals surface area (Å²) < 4.78 is 0. The highest BCUT2D eigenvalue weighted by molar-refractivity contribution is 8.06. The van der Waals surface area contributed by atoms with Crippen molar-refractivity contribution in [3.8, 4) is 0 Å². The Labute approximate surface area is 133 Å². The van der Waals surface area contributed by atoms with E-state index >= 15 is 0 Å². The van der Waals surface area contributed by atoms with Gasteiger partial charge in [-0.05, 0) is 25.7 Å². The van der Waals surface area contributed by atoms with E-state index in [1.165, 1.54) is 69.0 Å². The summed E-state index contributed by atoms with van der Waals surface area (Å²) in [5, 5.41) is 4.73. The fraction of sp³-hybridized carbons (Fsp3) is 1.00. The van der Waals surface area contributed by atoms with E-state index in [0.29, 0.717) is 0 Å². The zero-order valence-electron chi connectivity index (χ0n) is 12.9. The van der Waals surface area contributed by atoms with Crippen molar-refractivity contribution in [1.29, 1.82) is 0 Å². The van der Waals surface area contributed by atoms with E-state index in [2.05, 4.69) is 40.7 Å². The number of nitrogens with zero attached hydrogens (tertiary/aromatic N) is 1. The molecule has 20 heavy (non-hydrogen) atoms. The van der Waals surface area contributed by atoms with Crippen molar-refractivity contribution >= 4 is 23.5 Å². The maximum atomic E-state index is 3.85. The first-order valence-corrected chi connectivity index (χ1v) is 10.7. The van der Waals surface area contributed by atoms with Gasteiger partial charge in [0.15, 0.2) is 0 Å². The molecule has 4 heteroatoms. The highest BCUT2D eigenvalue weighted by Crippen LogP contribution is 2.30. The maximum absolute atomic E-state index is 3.85. The normalized spacial score (nSPS) is 38.0. The van der Waals surface area contributed by atoms with Crippen LogP contribution in [0.2, 0.25) is 0 Å². The molecule has 1 saturated carbocycles. The van der Waals surface area contributed by atoms with E-state index < -0.39 is 0 Å². The molecule has 1 N–H and O–H groups in total. The molecule has 0 spiro atoms. The number of thioether (sulfide) groups is 2. The van der Waals surface area contributed by atoms with Crippen molar-refractivity contribution in [2.75, 3.05) is 36.9 Å². The van der Waals surface area contributed by atoms with Crippen LogP contribution >= 0.6 is 23.5 Å². The van der Waals surface area contributed by atoms with Crippen LogP contribution in [0.3, 0.4) is 0 Å². The van der Waals surface area contributed by atoms with Gasteiger partial charge in [0.25, 0.3) is 0 Å². The van der Waals surface area contributed by atoms with E-state index in [-0.39, 0.29) is 0 Å². The van der Waals surface area contributed by atoms with Gasteiger partial charge in [-0.2, -0.15) is 23.5 Å². The Hall–Kier alpha value is 0.620. The molecule has 2 nitrogen and oxygen atoms in total. The van der Waals surface area contributed by atoms with Gasteiger partial charge in [-0.3, -0.25) is 4.90 Å². The predicted octanol–water partition coefficient (Wildman–Crippen LogP) is 3.08. The van der Waals surface area contributed by atoms with Gasteiger partial charge in [-0.1, -0.05) is 19.3 Å². The molecular formula is C16H30N2S2. The number of nitrogens with one attached hydrogen (secondary N) is 1. The van der Waals surface area contributed by atoms with Crippen molar-refractivity contribution in [2.45, 2.75) is 56.4 Å². The summed E-state index contributed by atoms with van der Waals surface area (Å²) >= 11 is 4.37. The zero-order valence-corrected chi connectivity index (χ0v) is 14.5. The van der Waals surface area contributed by atoms with Crippen LogP contribution in [-0.4, -0.2) is 59.1 Å². The molecule has 2 aliphatic heterocycles. The molecule has 0 aromatic carbocycles. The summed E-state index contributed by atoms with van der Waals surface area (Å²) in [6.45, 7) is 6.23. The van der Waals surface area contributed by atoms with Crippen LogP contribution in [0.4, 0.5) is 0 Å². The SMILES string of the molecule is CC1CNC(C2CCCCC2)CN1CC1CSCCS1. The third kappa shape index (κ3) is 4.08. The molecule has 3 fully saturated rings. The molecule has 2 heterocycles. The second kappa shape index (κ2) is 7.75. The first-order valence-electron chi connectivity index (χ1n) is 8.49. The quantitative estimate of drug-likeness (QED) is 0.861. The van der Waals surface area contributed by atoms with Gasteiger partial charge in [-0.25, -0.2) is 0 Å². The van der Waals surface area contributed by atoms with Crippen LogP contribution in [0.5, 0.6) is 0 Å². The second-order valence-electron chi connectivity index (χ2n) is 6.78. The van der Waals surface area contributed by atoms with Crippen molar-refractivity contribution in [3.05, 3.63) is 0 Å². The Kier molecular flexibility index (Phi) is 6.01. The Morgan fingerprint density at radius 1 is 1.15 bits per heavy atom. The fourth-order valence-corrected chi connectivity index (χ4v) is 6.65. The van der Waals surface area contributed by atoms with Crippen molar-refractivity contribution < 1.29 is 0 Å². The summed E-state index contributed by atoms with van der Waals surface area (Å²) in [4.78, 5) is 2.79. The standard InChI is InChI=1S/C16H30N2S2/c1-13-9-17-16(14-5-3-2-4-6-14)11-18(13)10-15-12-19-7-8-20-15/h13-17H,2-12H2,1H3. The fourth-order valence-electron chi connectivity index (χ4n) is 3.96. The molecule has 1 aliphatic carbocycles. The van der Waals surface area contributed by atoms with Gasteiger partial charge in [0.1, 0.15) is 0 Å². The van der Waals surface area contributed by atoms with Crippen LogP contribution in [-0.2, 0) is 0 Å². The minimum atomic E-state index is 0.724. The molecule has 0 amide bonds. The number of hydrogen-bond acceptors (Lipinski definition) is 4. The second-order valence-corrected chi connectivity index (χ2v) is 9.34. The minimum Gasteiger partial charge on any atom is -0.311 e. The third-order valence-electron chi connectivity index (χ3n) is 5.27. The van der Waals surface area contributed by atoms with Crippen LogP contribution in [0.15, 0.2) is 0 Å². The largest absolute Gasteiger partial charge is 0.311 e. The van der Waals surface area contributed by atoms with Gasteiger partial charge in [0.2, 0.25) is 0 Å². The average Bonchev–Trinajstić information content (AvgIpc) is 2.51.